The molecule has 0 aliphatic heterocycles. The van der Waals surface area contributed by atoms with Gasteiger partial charge in [-0.1, -0.05) is 35.4 Å². The Morgan fingerprint density at radius 1 is 0.950 bits per heavy atom. The molecule has 20 heavy (non-hydrogen) atoms. The van der Waals surface area contributed by atoms with Crippen molar-refractivity contribution in [3.8, 4) is 0 Å². The standard InChI is InChI=1S/C17H17N3/c1-12-6-13(2)8-15(7-12)17(16-10-19-11-20-16)14-4-3-5-18-9-14/h3-11,17H,1-2H3,(H,19,20). The molecule has 0 aliphatic rings. The van der Waals surface area contributed by atoms with Gasteiger partial charge in [0.1, 0.15) is 0 Å². The first-order valence-corrected chi connectivity index (χ1v) is 6.70. The van der Waals surface area contributed by atoms with Crippen molar-refractivity contribution in [2.45, 2.75) is 19.8 Å². The second-order valence-corrected chi connectivity index (χ2v) is 5.15. The maximum Gasteiger partial charge on any atom is 0.0922 e. The minimum atomic E-state index is 0.143. The first-order chi connectivity index (χ1) is 9.74. The third-order valence-electron chi connectivity index (χ3n) is 3.43. The van der Waals surface area contributed by atoms with Crippen molar-refractivity contribution < 1.29 is 0 Å². The topological polar surface area (TPSA) is 41.6 Å². The van der Waals surface area contributed by atoms with Gasteiger partial charge in [-0.05, 0) is 31.0 Å². The minimum absolute atomic E-state index is 0.143. The van der Waals surface area contributed by atoms with Crippen LogP contribution in [-0.4, -0.2) is 15.0 Å². The van der Waals surface area contributed by atoms with Crippen LogP contribution in [0.1, 0.15) is 33.9 Å². The van der Waals surface area contributed by atoms with E-state index in [9.17, 15) is 0 Å². The molecule has 3 aromatic rings. The van der Waals surface area contributed by atoms with E-state index < -0.39 is 0 Å². The number of benzene rings is 1. The molecule has 3 nitrogen and oxygen atoms in total. The van der Waals surface area contributed by atoms with E-state index in [-0.39, 0.29) is 5.92 Å². The molecule has 0 saturated heterocycles. The average molecular weight is 263 g/mol. The van der Waals surface area contributed by atoms with Crippen LogP contribution in [0.5, 0.6) is 0 Å². The number of hydrogen-bond donors (Lipinski definition) is 1. The van der Waals surface area contributed by atoms with Crippen molar-refractivity contribution >= 4 is 0 Å². The van der Waals surface area contributed by atoms with Crippen LogP contribution in [-0.2, 0) is 0 Å². The first-order valence-electron chi connectivity index (χ1n) is 6.70. The van der Waals surface area contributed by atoms with Gasteiger partial charge in [-0.25, -0.2) is 4.98 Å². The van der Waals surface area contributed by atoms with Gasteiger partial charge in [-0.2, -0.15) is 0 Å². The van der Waals surface area contributed by atoms with Crippen molar-refractivity contribution in [3.63, 3.8) is 0 Å². The molecule has 0 aliphatic carbocycles. The molecule has 0 radical (unpaired) electrons. The van der Waals surface area contributed by atoms with Gasteiger partial charge >= 0.3 is 0 Å². The molecule has 0 saturated carbocycles. The molecule has 100 valence electrons. The Morgan fingerprint density at radius 2 is 1.75 bits per heavy atom. The minimum Gasteiger partial charge on any atom is -0.348 e. The molecular formula is C17H17N3. The maximum absolute atomic E-state index is 4.25. The molecule has 1 aromatic carbocycles. The van der Waals surface area contributed by atoms with E-state index in [1.165, 1.54) is 22.3 Å². The number of nitrogens with zero attached hydrogens (tertiary/aromatic N) is 2. The van der Waals surface area contributed by atoms with Crippen LogP contribution in [0, 0.1) is 13.8 Å². The molecule has 0 bridgehead atoms. The van der Waals surface area contributed by atoms with E-state index >= 15 is 0 Å². The highest BCUT2D eigenvalue weighted by Crippen LogP contribution is 2.31. The van der Waals surface area contributed by atoms with Crippen LogP contribution >= 0.6 is 0 Å². The number of nitrogens with one attached hydrogen (secondary N) is 1. The molecule has 3 heteroatoms. The van der Waals surface area contributed by atoms with Crippen LogP contribution in [0.3, 0.4) is 0 Å². The Hall–Kier alpha value is -2.42. The lowest BCUT2D eigenvalue weighted by Gasteiger charge is -2.17. The number of rotatable bonds is 3. The van der Waals surface area contributed by atoms with Crippen LogP contribution < -0.4 is 0 Å². The van der Waals surface area contributed by atoms with Gasteiger partial charge in [-0.15, -0.1) is 0 Å². The fraction of sp³-hybridized carbons (Fsp3) is 0.176. The molecule has 3 rings (SSSR count). The SMILES string of the molecule is Cc1cc(C)cc(C(c2cccnc2)c2cnc[nH]2)c1. The fourth-order valence-electron chi connectivity index (χ4n) is 2.70. The molecule has 0 amide bonds. The third-order valence-corrected chi connectivity index (χ3v) is 3.43. The van der Waals surface area contributed by atoms with Crippen LogP contribution in [0.4, 0.5) is 0 Å². The molecule has 1 unspecified atom stereocenters. The maximum atomic E-state index is 4.25. The van der Waals surface area contributed by atoms with Gasteiger partial charge < -0.3 is 4.98 Å². The van der Waals surface area contributed by atoms with Crippen LogP contribution in [0.2, 0.25) is 0 Å². The average Bonchev–Trinajstić information content (AvgIpc) is 2.93. The highest BCUT2D eigenvalue weighted by molar-refractivity contribution is 5.42. The zero-order valence-corrected chi connectivity index (χ0v) is 11.7. The smallest absolute Gasteiger partial charge is 0.0922 e. The summed E-state index contributed by atoms with van der Waals surface area (Å²) in [5.74, 6) is 0.143. The van der Waals surface area contributed by atoms with E-state index in [4.69, 9.17) is 0 Å². The number of imidazole rings is 1. The van der Waals surface area contributed by atoms with Gasteiger partial charge in [0.05, 0.1) is 12.2 Å². The Labute approximate surface area is 118 Å². The van der Waals surface area contributed by atoms with Gasteiger partial charge in [0.25, 0.3) is 0 Å². The predicted molar refractivity (Wildman–Crippen MR) is 79.7 cm³/mol. The van der Waals surface area contributed by atoms with Crippen LogP contribution in [0.15, 0.2) is 55.2 Å². The zero-order valence-electron chi connectivity index (χ0n) is 11.7. The second kappa shape index (κ2) is 5.29. The van der Waals surface area contributed by atoms with Gasteiger partial charge in [0.15, 0.2) is 0 Å². The summed E-state index contributed by atoms with van der Waals surface area (Å²) in [5, 5.41) is 0. The number of aromatic amines is 1. The summed E-state index contributed by atoms with van der Waals surface area (Å²) in [4.78, 5) is 11.6. The normalized spacial score (nSPS) is 12.3. The largest absolute Gasteiger partial charge is 0.348 e. The van der Waals surface area contributed by atoms with Crippen molar-refractivity contribution in [2.75, 3.05) is 0 Å². The Morgan fingerprint density at radius 3 is 2.35 bits per heavy atom. The quantitative estimate of drug-likeness (QED) is 0.784. The molecule has 0 spiro atoms. The number of pyridine rings is 1. The van der Waals surface area contributed by atoms with Crippen molar-refractivity contribution in [1.82, 2.24) is 15.0 Å². The van der Waals surface area contributed by atoms with Crippen molar-refractivity contribution in [1.29, 1.82) is 0 Å². The summed E-state index contributed by atoms with van der Waals surface area (Å²) in [6.45, 7) is 4.26. The fourth-order valence-corrected chi connectivity index (χ4v) is 2.70. The van der Waals surface area contributed by atoms with Gasteiger partial charge in [-0.3, -0.25) is 4.98 Å². The van der Waals surface area contributed by atoms with E-state index in [1.54, 1.807) is 12.5 Å². The highest BCUT2D eigenvalue weighted by Gasteiger charge is 2.18. The summed E-state index contributed by atoms with van der Waals surface area (Å²) in [5.41, 5.74) is 6.06. The molecule has 1 atom stereocenters. The molecule has 0 fully saturated rings. The van der Waals surface area contributed by atoms with Crippen molar-refractivity contribution in [3.05, 3.63) is 83.2 Å². The molecule has 2 heterocycles. The van der Waals surface area contributed by atoms with E-state index in [0.717, 1.165) is 5.69 Å². The van der Waals surface area contributed by atoms with Gasteiger partial charge in [0, 0.05) is 24.3 Å². The zero-order chi connectivity index (χ0) is 13.9. The Bertz CT molecular complexity index is 667. The monoisotopic (exact) mass is 263 g/mol. The number of hydrogen-bond acceptors (Lipinski definition) is 2. The first kappa shape index (κ1) is 12.6. The predicted octanol–water partition coefficient (Wildman–Crippen LogP) is 3.60. The van der Waals surface area contributed by atoms with E-state index in [2.05, 4.69) is 53.1 Å². The lowest BCUT2D eigenvalue weighted by Crippen LogP contribution is -2.05. The van der Waals surface area contributed by atoms with Crippen LogP contribution in [0.25, 0.3) is 0 Å². The third kappa shape index (κ3) is 2.48. The molecular weight excluding hydrogens is 246 g/mol. The summed E-state index contributed by atoms with van der Waals surface area (Å²) < 4.78 is 0. The summed E-state index contributed by atoms with van der Waals surface area (Å²) in [6.07, 6.45) is 7.33. The lowest BCUT2D eigenvalue weighted by molar-refractivity contribution is 0.918. The number of aromatic nitrogens is 3. The summed E-state index contributed by atoms with van der Waals surface area (Å²) in [6, 6.07) is 10.7. The van der Waals surface area contributed by atoms with Gasteiger partial charge in [0.2, 0.25) is 0 Å². The second-order valence-electron chi connectivity index (χ2n) is 5.15. The number of H-pyrrole nitrogens is 1. The Kier molecular flexibility index (Phi) is 3.33. The number of aryl methyl sites for hydroxylation is 2. The summed E-state index contributed by atoms with van der Waals surface area (Å²) >= 11 is 0. The highest BCUT2D eigenvalue weighted by atomic mass is 14.9. The Balaban J connectivity index is 2.15. The lowest BCUT2D eigenvalue weighted by atomic mass is 9.88. The van der Waals surface area contributed by atoms with E-state index in [0.29, 0.717) is 0 Å². The molecule has 2 aromatic heterocycles. The van der Waals surface area contributed by atoms with E-state index in [1.807, 2.05) is 18.5 Å². The summed E-state index contributed by atoms with van der Waals surface area (Å²) in [7, 11) is 0. The molecule has 1 N–H and O–H groups in total. The van der Waals surface area contributed by atoms with Crippen molar-refractivity contribution in [2.24, 2.45) is 0 Å².